The predicted octanol–water partition coefficient (Wildman–Crippen LogP) is 1.46. The number of rotatable bonds is 7. The Labute approximate surface area is 156 Å². The van der Waals surface area contributed by atoms with Crippen LogP contribution in [-0.4, -0.2) is 58.3 Å². The number of likely N-dealkylation sites (tertiary alicyclic amines) is 1. The molecular weight excluding hydrogens is 405 g/mol. The zero-order chi connectivity index (χ0) is 15.6. The van der Waals surface area contributed by atoms with Gasteiger partial charge in [0.2, 0.25) is 0 Å². The summed E-state index contributed by atoms with van der Waals surface area (Å²) >= 11 is 0. The maximum atomic E-state index is 4.60. The lowest BCUT2D eigenvalue weighted by atomic mass is 10.1. The molecule has 1 aliphatic rings. The zero-order valence-corrected chi connectivity index (χ0v) is 16.6. The highest BCUT2D eigenvalue weighted by atomic mass is 127. The third kappa shape index (κ3) is 7.03. The number of nitrogens with zero attached hydrogens (tertiary/aromatic N) is 5. The van der Waals surface area contributed by atoms with Crippen LogP contribution in [0.25, 0.3) is 0 Å². The SMILES string of the molecule is CCNC(=NCc1nncn1CC)NCCN1CCCCC1.I. The molecule has 2 rings (SSSR count). The Bertz CT molecular complexity index is 454. The summed E-state index contributed by atoms with van der Waals surface area (Å²) in [6.45, 7) is 10.9. The van der Waals surface area contributed by atoms with E-state index < -0.39 is 0 Å². The molecule has 23 heavy (non-hydrogen) atoms. The van der Waals surface area contributed by atoms with Crippen molar-refractivity contribution >= 4 is 29.9 Å². The number of aromatic nitrogens is 3. The average Bonchev–Trinajstić information content (AvgIpc) is 3.01. The van der Waals surface area contributed by atoms with Gasteiger partial charge in [-0.05, 0) is 39.8 Å². The van der Waals surface area contributed by atoms with E-state index in [1.165, 1.54) is 32.4 Å². The molecule has 2 heterocycles. The second-order valence-corrected chi connectivity index (χ2v) is 5.56. The van der Waals surface area contributed by atoms with Crippen LogP contribution >= 0.6 is 24.0 Å². The number of halogens is 1. The maximum Gasteiger partial charge on any atom is 0.191 e. The summed E-state index contributed by atoms with van der Waals surface area (Å²) in [5, 5.41) is 14.7. The predicted molar refractivity (Wildman–Crippen MR) is 104 cm³/mol. The van der Waals surface area contributed by atoms with Crippen LogP contribution in [0.4, 0.5) is 0 Å². The molecular formula is C15H30IN7. The molecule has 1 aromatic rings. The van der Waals surface area contributed by atoms with Gasteiger partial charge >= 0.3 is 0 Å². The molecule has 1 fully saturated rings. The molecule has 1 aliphatic heterocycles. The average molecular weight is 435 g/mol. The number of aliphatic imine (C=N–C) groups is 1. The number of hydrogen-bond donors (Lipinski definition) is 2. The number of aryl methyl sites for hydroxylation is 1. The van der Waals surface area contributed by atoms with E-state index in [-0.39, 0.29) is 24.0 Å². The highest BCUT2D eigenvalue weighted by Gasteiger charge is 2.09. The van der Waals surface area contributed by atoms with E-state index in [4.69, 9.17) is 0 Å². The molecule has 0 aromatic carbocycles. The molecule has 0 saturated carbocycles. The van der Waals surface area contributed by atoms with Crippen molar-refractivity contribution in [1.29, 1.82) is 0 Å². The number of nitrogens with one attached hydrogen (secondary N) is 2. The Morgan fingerprint density at radius 1 is 1.22 bits per heavy atom. The van der Waals surface area contributed by atoms with Crippen LogP contribution in [0, 0.1) is 0 Å². The van der Waals surface area contributed by atoms with Crippen LogP contribution in [0.5, 0.6) is 0 Å². The van der Waals surface area contributed by atoms with Gasteiger partial charge in [0.05, 0.1) is 0 Å². The maximum absolute atomic E-state index is 4.60. The lowest BCUT2D eigenvalue weighted by molar-refractivity contribution is 0.232. The molecule has 1 saturated heterocycles. The summed E-state index contributed by atoms with van der Waals surface area (Å²) in [7, 11) is 0. The van der Waals surface area contributed by atoms with Gasteiger partial charge in [0, 0.05) is 26.2 Å². The quantitative estimate of drug-likeness (QED) is 0.386. The third-order valence-electron chi connectivity index (χ3n) is 3.93. The fourth-order valence-electron chi connectivity index (χ4n) is 2.67. The minimum absolute atomic E-state index is 0. The first-order valence-corrected chi connectivity index (χ1v) is 8.44. The summed E-state index contributed by atoms with van der Waals surface area (Å²) in [6, 6.07) is 0. The summed E-state index contributed by atoms with van der Waals surface area (Å²) in [6.07, 6.45) is 5.80. The van der Waals surface area contributed by atoms with Gasteiger partial charge in [-0.3, -0.25) is 0 Å². The first-order chi connectivity index (χ1) is 10.8. The minimum atomic E-state index is 0. The Hall–Kier alpha value is -0.900. The monoisotopic (exact) mass is 435 g/mol. The van der Waals surface area contributed by atoms with Crippen molar-refractivity contribution in [1.82, 2.24) is 30.3 Å². The molecule has 2 N–H and O–H groups in total. The van der Waals surface area contributed by atoms with Crippen molar-refractivity contribution in [3.8, 4) is 0 Å². The Morgan fingerprint density at radius 2 is 2.00 bits per heavy atom. The molecule has 0 bridgehead atoms. The summed E-state index contributed by atoms with van der Waals surface area (Å²) in [4.78, 5) is 7.12. The molecule has 7 nitrogen and oxygen atoms in total. The van der Waals surface area contributed by atoms with Crippen molar-refractivity contribution in [2.75, 3.05) is 32.7 Å². The molecule has 0 aliphatic carbocycles. The van der Waals surface area contributed by atoms with Crippen molar-refractivity contribution in [2.45, 2.75) is 46.2 Å². The number of guanidine groups is 1. The highest BCUT2D eigenvalue weighted by molar-refractivity contribution is 14.0. The molecule has 0 radical (unpaired) electrons. The van der Waals surface area contributed by atoms with Gasteiger partial charge in [0.15, 0.2) is 11.8 Å². The number of hydrogen-bond acceptors (Lipinski definition) is 4. The third-order valence-corrected chi connectivity index (χ3v) is 3.93. The Kier molecular flexibility index (Phi) is 10.2. The van der Waals surface area contributed by atoms with Gasteiger partial charge in [0.1, 0.15) is 12.9 Å². The molecule has 1 aromatic heterocycles. The lowest BCUT2D eigenvalue weighted by Crippen LogP contribution is -2.42. The molecule has 8 heteroatoms. The van der Waals surface area contributed by atoms with E-state index in [0.29, 0.717) is 6.54 Å². The molecule has 132 valence electrons. The van der Waals surface area contributed by atoms with Gasteiger partial charge in [-0.2, -0.15) is 0 Å². The zero-order valence-electron chi connectivity index (χ0n) is 14.3. The van der Waals surface area contributed by atoms with E-state index in [0.717, 1.165) is 38.0 Å². The lowest BCUT2D eigenvalue weighted by Gasteiger charge is -2.26. The Morgan fingerprint density at radius 3 is 2.70 bits per heavy atom. The van der Waals surface area contributed by atoms with Crippen LogP contribution in [0.15, 0.2) is 11.3 Å². The molecule has 0 spiro atoms. The van der Waals surface area contributed by atoms with Gasteiger partial charge in [-0.15, -0.1) is 34.2 Å². The smallest absolute Gasteiger partial charge is 0.191 e. The minimum Gasteiger partial charge on any atom is -0.357 e. The van der Waals surface area contributed by atoms with Crippen molar-refractivity contribution in [2.24, 2.45) is 4.99 Å². The van der Waals surface area contributed by atoms with Crippen LogP contribution in [0.3, 0.4) is 0 Å². The summed E-state index contributed by atoms with van der Waals surface area (Å²) in [5.74, 6) is 1.75. The van der Waals surface area contributed by atoms with Crippen LogP contribution in [-0.2, 0) is 13.1 Å². The van der Waals surface area contributed by atoms with Crippen molar-refractivity contribution in [3.63, 3.8) is 0 Å². The highest BCUT2D eigenvalue weighted by Crippen LogP contribution is 2.07. The van der Waals surface area contributed by atoms with E-state index in [9.17, 15) is 0 Å². The van der Waals surface area contributed by atoms with Gasteiger partial charge < -0.3 is 20.1 Å². The Balaban J connectivity index is 0.00000264. The van der Waals surface area contributed by atoms with Crippen LogP contribution in [0.2, 0.25) is 0 Å². The first-order valence-electron chi connectivity index (χ1n) is 8.44. The van der Waals surface area contributed by atoms with Crippen molar-refractivity contribution < 1.29 is 0 Å². The second kappa shape index (κ2) is 11.6. The topological polar surface area (TPSA) is 70.4 Å². The molecule has 0 amide bonds. The van der Waals surface area contributed by atoms with Gasteiger partial charge in [-0.25, -0.2) is 4.99 Å². The fourth-order valence-corrected chi connectivity index (χ4v) is 2.67. The van der Waals surface area contributed by atoms with E-state index >= 15 is 0 Å². The summed E-state index contributed by atoms with van der Waals surface area (Å²) in [5.41, 5.74) is 0. The number of piperidine rings is 1. The van der Waals surface area contributed by atoms with E-state index in [2.05, 4.69) is 44.6 Å². The molecule has 0 atom stereocenters. The normalized spacial score (nSPS) is 16.0. The molecule has 0 unspecified atom stereocenters. The standard InChI is InChI=1S/C15H29N7.HI/c1-3-16-15(17-8-11-21-9-6-5-7-10-21)18-12-14-20-19-13-22(14)4-2;/h13H,3-12H2,1-2H3,(H2,16,17,18);1H. The fraction of sp³-hybridized carbons (Fsp3) is 0.800. The van der Waals surface area contributed by atoms with Crippen LogP contribution < -0.4 is 10.6 Å². The van der Waals surface area contributed by atoms with Crippen molar-refractivity contribution in [3.05, 3.63) is 12.2 Å². The van der Waals surface area contributed by atoms with E-state index in [1.807, 2.05) is 4.57 Å². The summed E-state index contributed by atoms with van der Waals surface area (Å²) < 4.78 is 2.01. The first kappa shape index (κ1) is 20.1. The van der Waals surface area contributed by atoms with Crippen LogP contribution in [0.1, 0.15) is 38.9 Å². The largest absolute Gasteiger partial charge is 0.357 e. The van der Waals surface area contributed by atoms with Gasteiger partial charge in [0.25, 0.3) is 0 Å². The van der Waals surface area contributed by atoms with E-state index in [1.54, 1.807) is 6.33 Å². The second-order valence-electron chi connectivity index (χ2n) is 5.56. The van der Waals surface area contributed by atoms with Gasteiger partial charge in [-0.1, -0.05) is 6.42 Å².